The van der Waals surface area contributed by atoms with Gasteiger partial charge in [0.15, 0.2) is 5.82 Å². The third-order valence-corrected chi connectivity index (χ3v) is 9.89. The van der Waals surface area contributed by atoms with Crippen LogP contribution in [0.5, 0.6) is 0 Å². The van der Waals surface area contributed by atoms with Gasteiger partial charge in [0.1, 0.15) is 11.2 Å². The molecule has 0 atom stereocenters. The molecule has 51 heavy (non-hydrogen) atoms. The third kappa shape index (κ3) is 5.06. The second-order valence-corrected chi connectivity index (χ2v) is 13.0. The molecule has 10 rings (SSSR count). The van der Waals surface area contributed by atoms with E-state index in [9.17, 15) is 0 Å². The Hall–Kier alpha value is -6.84. The Labute approximate surface area is 295 Å². The molecule has 0 bridgehead atoms. The lowest BCUT2D eigenvalue weighted by atomic mass is 9.93. The van der Waals surface area contributed by atoms with Gasteiger partial charge in [0.05, 0.1) is 11.4 Å². The van der Waals surface area contributed by atoms with E-state index in [0.717, 1.165) is 71.9 Å². The molecule has 3 nitrogen and oxygen atoms in total. The van der Waals surface area contributed by atoms with E-state index in [1.54, 1.807) is 0 Å². The molecule has 0 aliphatic rings. The lowest BCUT2D eigenvalue weighted by Gasteiger charge is -2.14. The Morgan fingerprint density at radius 3 is 1.75 bits per heavy atom. The van der Waals surface area contributed by atoms with Crippen LogP contribution >= 0.6 is 0 Å². The first-order valence-corrected chi connectivity index (χ1v) is 17.2. The first-order chi connectivity index (χ1) is 25.3. The molecule has 238 valence electrons. The maximum absolute atomic E-state index is 6.64. The SMILES string of the molecule is c1ccc(-c2cc(-c3ccc(-c4ccc5ccccc5c4)cc3)nc(-c3cc4c5ccccc5oc4c4c(-c5ccccc5)cccc34)n2)cc1. The van der Waals surface area contributed by atoms with Crippen molar-refractivity contribution in [3.05, 3.63) is 182 Å². The van der Waals surface area contributed by atoms with Gasteiger partial charge in [-0.3, -0.25) is 0 Å². The topological polar surface area (TPSA) is 38.9 Å². The van der Waals surface area contributed by atoms with Crippen LogP contribution in [0.25, 0.3) is 99.6 Å². The summed E-state index contributed by atoms with van der Waals surface area (Å²) in [6.07, 6.45) is 0. The van der Waals surface area contributed by atoms with E-state index >= 15 is 0 Å². The molecule has 0 amide bonds. The molecule has 2 heterocycles. The number of furan rings is 1. The molecule has 8 aromatic carbocycles. The molecule has 2 aromatic heterocycles. The summed E-state index contributed by atoms with van der Waals surface area (Å²) in [4.78, 5) is 10.6. The van der Waals surface area contributed by atoms with Crippen molar-refractivity contribution in [3.63, 3.8) is 0 Å². The number of para-hydroxylation sites is 1. The number of benzene rings is 8. The van der Waals surface area contributed by atoms with Gasteiger partial charge in [-0.2, -0.15) is 0 Å². The zero-order valence-corrected chi connectivity index (χ0v) is 27.6. The average molecular weight is 651 g/mol. The smallest absolute Gasteiger partial charge is 0.161 e. The van der Waals surface area contributed by atoms with Crippen LogP contribution in [0.15, 0.2) is 186 Å². The summed E-state index contributed by atoms with van der Waals surface area (Å²) in [6, 6.07) is 63.8. The molecular formula is C48H30N2O. The molecule has 0 unspecified atom stereocenters. The summed E-state index contributed by atoms with van der Waals surface area (Å²) in [5, 5.41) is 6.70. The van der Waals surface area contributed by atoms with Gasteiger partial charge in [0.25, 0.3) is 0 Å². The minimum Gasteiger partial charge on any atom is -0.455 e. The zero-order chi connectivity index (χ0) is 33.7. The standard InChI is InChI=1S/C48H30N2O/c1-3-13-33(14-4-1)38-19-11-20-40-42(29-41-39-18-9-10-21-45(39)51-47(41)46(38)40)48-49-43(34-15-5-2-6-16-34)30-44(50-48)35-25-22-32(23-26-35)37-27-24-31-12-7-8-17-36(31)28-37/h1-30H. The number of fused-ring (bicyclic) bond motifs is 6. The minimum absolute atomic E-state index is 0.673. The van der Waals surface area contributed by atoms with Gasteiger partial charge in [-0.05, 0) is 62.7 Å². The van der Waals surface area contributed by atoms with Gasteiger partial charge in [0.2, 0.25) is 0 Å². The second-order valence-electron chi connectivity index (χ2n) is 13.0. The Kier molecular flexibility index (Phi) is 6.81. The van der Waals surface area contributed by atoms with Crippen LogP contribution in [0, 0.1) is 0 Å². The second kappa shape index (κ2) is 11.9. The molecule has 0 spiro atoms. The quantitative estimate of drug-likeness (QED) is 0.186. The molecule has 0 N–H and O–H groups in total. The summed E-state index contributed by atoms with van der Waals surface area (Å²) >= 11 is 0. The minimum atomic E-state index is 0.673. The van der Waals surface area contributed by atoms with E-state index in [4.69, 9.17) is 14.4 Å². The van der Waals surface area contributed by atoms with Gasteiger partial charge in [0, 0.05) is 32.8 Å². The van der Waals surface area contributed by atoms with Crippen LogP contribution in [-0.2, 0) is 0 Å². The zero-order valence-electron chi connectivity index (χ0n) is 27.6. The van der Waals surface area contributed by atoms with Crippen molar-refractivity contribution in [1.82, 2.24) is 9.97 Å². The van der Waals surface area contributed by atoms with Crippen molar-refractivity contribution in [3.8, 4) is 56.2 Å². The number of rotatable bonds is 5. The Morgan fingerprint density at radius 1 is 0.353 bits per heavy atom. The van der Waals surface area contributed by atoms with Crippen LogP contribution in [-0.4, -0.2) is 9.97 Å². The van der Waals surface area contributed by atoms with Crippen molar-refractivity contribution < 1.29 is 4.42 Å². The number of aromatic nitrogens is 2. The molecule has 0 saturated heterocycles. The van der Waals surface area contributed by atoms with Gasteiger partial charge in [-0.25, -0.2) is 9.97 Å². The van der Waals surface area contributed by atoms with Crippen LogP contribution < -0.4 is 0 Å². The monoisotopic (exact) mass is 650 g/mol. The maximum Gasteiger partial charge on any atom is 0.161 e. The molecule has 0 saturated carbocycles. The lowest BCUT2D eigenvalue weighted by molar-refractivity contribution is 0.673. The van der Waals surface area contributed by atoms with Crippen molar-refractivity contribution >= 4 is 43.5 Å². The van der Waals surface area contributed by atoms with E-state index in [-0.39, 0.29) is 0 Å². The molecule has 3 heteroatoms. The number of nitrogens with zero attached hydrogens (tertiary/aromatic N) is 2. The molecule has 0 aliphatic heterocycles. The molecule has 0 fully saturated rings. The number of hydrogen-bond acceptors (Lipinski definition) is 3. The van der Waals surface area contributed by atoms with E-state index in [1.807, 2.05) is 18.2 Å². The van der Waals surface area contributed by atoms with Crippen LogP contribution in [0.2, 0.25) is 0 Å². The van der Waals surface area contributed by atoms with Crippen molar-refractivity contribution in [2.75, 3.05) is 0 Å². The van der Waals surface area contributed by atoms with E-state index in [0.29, 0.717) is 5.82 Å². The highest BCUT2D eigenvalue weighted by Gasteiger charge is 2.20. The summed E-state index contributed by atoms with van der Waals surface area (Å²) < 4.78 is 6.64. The number of hydrogen-bond donors (Lipinski definition) is 0. The lowest BCUT2D eigenvalue weighted by Crippen LogP contribution is -1.97. The summed E-state index contributed by atoms with van der Waals surface area (Å²) in [5.74, 6) is 0.673. The molecule has 10 aromatic rings. The van der Waals surface area contributed by atoms with Crippen LogP contribution in [0.3, 0.4) is 0 Å². The summed E-state index contributed by atoms with van der Waals surface area (Å²) in [5.41, 5.74) is 11.1. The van der Waals surface area contributed by atoms with E-state index < -0.39 is 0 Å². The molecular weight excluding hydrogens is 621 g/mol. The van der Waals surface area contributed by atoms with Crippen molar-refractivity contribution in [2.24, 2.45) is 0 Å². The van der Waals surface area contributed by atoms with Crippen molar-refractivity contribution in [1.29, 1.82) is 0 Å². The largest absolute Gasteiger partial charge is 0.455 e. The predicted molar refractivity (Wildman–Crippen MR) is 212 cm³/mol. The highest BCUT2D eigenvalue weighted by molar-refractivity contribution is 6.22. The first kappa shape index (κ1) is 29.1. The summed E-state index contributed by atoms with van der Waals surface area (Å²) in [6.45, 7) is 0. The Morgan fingerprint density at radius 2 is 0.961 bits per heavy atom. The predicted octanol–water partition coefficient (Wildman–Crippen LogP) is 13.0. The van der Waals surface area contributed by atoms with Crippen LogP contribution in [0.4, 0.5) is 0 Å². The Bertz CT molecular complexity index is 2890. The highest BCUT2D eigenvalue weighted by Crippen LogP contribution is 2.43. The van der Waals surface area contributed by atoms with E-state index in [2.05, 4.69) is 164 Å². The third-order valence-electron chi connectivity index (χ3n) is 9.89. The molecule has 0 aliphatic carbocycles. The van der Waals surface area contributed by atoms with Gasteiger partial charge < -0.3 is 4.42 Å². The van der Waals surface area contributed by atoms with Gasteiger partial charge >= 0.3 is 0 Å². The first-order valence-electron chi connectivity index (χ1n) is 17.2. The fraction of sp³-hybridized carbons (Fsp3) is 0. The van der Waals surface area contributed by atoms with Gasteiger partial charge in [-0.1, -0.05) is 158 Å². The normalized spacial score (nSPS) is 11.5. The highest BCUT2D eigenvalue weighted by atomic mass is 16.3. The summed E-state index contributed by atoms with van der Waals surface area (Å²) in [7, 11) is 0. The molecule has 0 radical (unpaired) electrons. The van der Waals surface area contributed by atoms with Crippen LogP contribution in [0.1, 0.15) is 0 Å². The fourth-order valence-electron chi connectivity index (χ4n) is 7.36. The maximum atomic E-state index is 6.64. The fourth-order valence-corrected chi connectivity index (χ4v) is 7.36. The van der Waals surface area contributed by atoms with E-state index in [1.165, 1.54) is 21.9 Å². The Balaban J connectivity index is 1.20. The average Bonchev–Trinajstić information content (AvgIpc) is 3.59. The van der Waals surface area contributed by atoms with Crippen molar-refractivity contribution in [2.45, 2.75) is 0 Å². The van der Waals surface area contributed by atoms with Gasteiger partial charge in [-0.15, -0.1) is 0 Å².